The zero-order valence-electron chi connectivity index (χ0n) is 16.6. The van der Waals surface area contributed by atoms with Gasteiger partial charge in [0.1, 0.15) is 0 Å². The van der Waals surface area contributed by atoms with Crippen molar-refractivity contribution in [1.82, 2.24) is 9.80 Å². The van der Waals surface area contributed by atoms with E-state index in [1.165, 1.54) is 37.7 Å². The molecule has 1 aliphatic carbocycles. The van der Waals surface area contributed by atoms with Crippen LogP contribution in [0.4, 0.5) is 0 Å². The minimum Gasteiger partial charge on any atom is -0.341 e. The highest BCUT2D eigenvalue weighted by molar-refractivity contribution is 5.78. The zero-order chi connectivity index (χ0) is 18.9. The molecule has 1 heterocycles. The number of aryl methyl sites for hydroxylation is 1. The lowest BCUT2D eigenvalue weighted by Crippen LogP contribution is -2.37. The molecular weight excluding hydrogens is 336 g/mol. The van der Waals surface area contributed by atoms with E-state index in [0.29, 0.717) is 31.8 Å². The summed E-state index contributed by atoms with van der Waals surface area (Å²) in [7, 11) is 0. The van der Waals surface area contributed by atoms with E-state index in [4.69, 9.17) is 0 Å². The molecule has 0 atom stereocenters. The van der Waals surface area contributed by atoms with Gasteiger partial charge in [0, 0.05) is 39.0 Å². The van der Waals surface area contributed by atoms with Crippen LogP contribution in [0.25, 0.3) is 0 Å². The normalized spacial score (nSPS) is 19.0. The minimum absolute atomic E-state index is 0.218. The molecule has 0 N–H and O–H groups in total. The van der Waals surface area contributed by atoms with Crippen LogP contribution in [0.5, 0.6) is 0 Å². The quantitative estimate of drug-likeness (QED) is 0.758. The van der Waals surface area contributed by atoms with Gasteiger partial charge in [0.2, 0.25) is 11.8 Å². The van der Waals surface area contributed by atoms with Crippen LogP contribution in [-0.4, -0.2) is 47.8 Å². The van der Waals surface area contributed by atoms with E-state index in [1.807, 2.05) is 28.0 Å². The summed E-state index contributed by atoms with van der Waals surface area (Å²) in [6, 6.07) is 10.2. The third-order valence-corrected chi connectivity index (χ3v) is 6.16. The van der Waals surface area contributed by atoms with Gasteiger partial charge in [-0.25, -0.2) is 0 Å². The number of benzene rings is 1. The van der Waals surface area contributed by atoms with E-state index < -0.39 is 0 Å². The van der Waals surface area contributed by atoms with Crippen LogP contribution in [0, 0.1) is 5.92 Å². The number of hydrogen-bond acceptors (Lipinski definition) is 2. The second kappa shape index (κ2) is 10.5. The first-order valence-electron chi connectivity index (χ1n) is 10.8. The predicted molar refractivity (Wildman–Crippen MR) is 108 cm³/mol. The molecule has 1 aromatic rings. The molecule has 0 spiro atoms. The first-order chi connectivity index (χ1) is 13.2. The number of hydrogen-bond donors (Lipinski definition) is 0. The zero-order valence-corrected chi connectivity index (χ0v) is 16.6. The van der Waals surface area contributed by atoms with Gasteiger partial charge in [-0.3, -0.25) is 9.59 Å². The van der Waals surface area contributed by atoms with Crippen molar-refractivity contribution in [1.29, 1.82) is 0 Å². The van der Waals surface area contributed by atoms with Crippen molar-refractivity contribution < 1.29 is 9.59 Å². The summed E-state index contributed by atoms with van der Waals surface area (Å²) in [5.74, 6) is 1.26. The average Bonchev–Trinajstić information content (AvgIpc) is 2.98. The summed E-state index contributed by atoms with van der Waals surface area (Å²) >= 11 is 0. The van der Waals surface area contributed by atoms with Crippen LogP contribution >= 0.6 is 0 Å². The van der Waals surface area contributed by atoms with Crippen LogP contribution in [-0.2, 0) is 16.0 Å². The van der Waals surface area contributed by atoms with E-state index in [2.05, 4.69) is 12.1 Å². The summed E-state index contributed by atoms with van der Waals surface area (Å²) in [5, 5.41) is 0. The van der Waals surface area contributed by atoms with Crippen molar-refractivity contribution in [2.45, 2.75) is 64.2 Å². The van der Waals surface area contributed by atoms with Crippen molar-refractivity contribution in [3.63, 3.8) is 0 Å². The number of carbonyl (C=O) groups is 2. The van der Waals surface area contributed by atoms with Gasteiger partial charge in [-0.15, -0.1) is 0 Å². The SMILES string of the molecule is O=C(CCc1ccccc1)N1CCCN(C(=O)CCC2CCCCC2)CC1. The molecule has 1 saturated heterocycles. The Morgan fingerprint density at radius 1 is 0.778 bits per heavy atom. The van der Waals surface area contributed by atoms with E-state index in [1.54, 1.807) is 0 Å². The molecule has 3 rings (SSSR count). The maximum atomic E-state index is 12.6. The van der Waals surface area contributed by atoms with Crippen LogP contribution in [0.1, 0.15) is 63.4 Å². The van der Waals surface area contributed by atoms with Crippen molar-refractivity contribution >= 4 is 11.8 Å². The van der Waals surface area contributed by atoms with Crippen LogP contribution in [0.3, 0.4) is 0 Å². The number of carbonyl (C=O) groups excluding carboxylic acids is 2. The van der Waals surface area contributed by atoms with E-state index >= 15 is 0 Å². The number of nitrogens with zero attached hydrogens (tertiary/aromatic N) is 2. The Bertz CT molecular complexity index is 596. The van der Waals surface area contributed by atoms with Gasteiger partial charge in [0.25, 0.3) is 0 Å². The van der Waals surface area contributed by atoms with Crippen LogP contribution in [0.15, 0.2) is 30.3 Å². The van der Waals surface area contributed by atoms with Gasteiger partial charge in [0.15, 0.2) is 0 Å². The summed E-state index contributed by atoms with van der Waals surface area (Å²) in [6.07, 6.45) is 10.6. The number of amides is 2. The Morgan fingerprint density at radius 2 is 1.41 bits per heavy atom. The summed E-state index contributed by atoms with van der Waals surface area (Å²) in [6.45, 7) is 2.95. The molecule has 1 aromatic carbocycles. The molecule has 4 nitrogen and oxygen atoms in total. The van der Waals surface area contributed by atoms with Crippen molar-refractivity contribution in [2.24, 2.45) is 5.92 Å². The lowest BCUT2D eigenvalue weighted by atomic mass is 9.86. The molecule has 2 amide bonds. The van der Waals surface area contributed by atoms with Gasteiger partial charge in [-0.1, -0.05) is 62.4 Å². The second-order valence-corrected chi connectivity index (χ2v) is 8.14. The molecule has 1 saturated carbocycles. The Morgan fingerprint density at radius 3 is 2.07 bits per heavy atom. The van der Waals surface area contributed by atoms with Gasteiger partial charge in [-0.05, 0) is 30.7 Å². The van der Waals surface area contributed by atoms with Gasteiger partial charge >= 0.3 is 0 Å². The molecule has 0 radical (unpaired) electrons. The van der Waals surface area contributed by atoms with Gasteiger partial charge in [-0.2, -0.15) is 0 Å². The fourth-order valence-corrected chi connectivity index (χ4v) is 4.43. The van der Waals surface area contributed by atoms with Crippen molar-refractivity contribution in [2.75, 3.05) is 26.2 Å². The largest absolute Gasteiger partial charge is 0.341 e. The first kappa shape index (κ1) is 19.9. The predicted octanol–water partition coefficient (Wildman–Crippen LogP) is 4.04. The standard InChI is InChI=1S/C23H34N2O2/c26-22(14-12-20-8-3-1-4-9-20)24-16-7-17-25(19-18-24)23(27)15-13-21-10-5-2-6-11-21/h1,3-4,8-9,21H,2,5-7,10-19H2. The molecule has 0 bridgehead atoms. The smallest absolute Gasteiger partial charge is 0.222 e. The second-order valence-electron chi connectivity index (χ2n) is 8.14. The lowest BCUT2D eigenvalue weighted by molar-refractivity contribution is -0.133. The summed E-state index contributed by atoms with van der Waals surface area (Å²) in [5.41, 5.74) is 1.21. The molecule has 1 aliphatic heterocycles. The molecular formula is C23H34N2O2. The summed E-state index contributed by atoms with van der Waals surface area (Å²) < 4.78 is 0. The third kappa shape index (κ3) is 6.37. The molecule has 0 aromatic heterocycles. The minimum atomic E-state index is 0.218. The van der Waals surface area contributed by atoms with Gasteiger partial charge in [0.05, 0.1) is 0 Å². The number of rotatable bonds is 6. The first-order valence-corrected chi connectivity index (χ1v) is 10.8. The topological polar surface area (TPSA) is 40.6 Å². The lowest BCUT2D eigenvalue weighted by Gasteiger charge is -2.24. The summed E-state index contributed by atoms with van der Waals surface area (Å²) in [4.78, 5) is 29.1. The fourth-order valence-electron chi connectivity index (χ4n) is 4.43. The molecule has 4 heteroatoms. The molecule has 27 heavy (non-hydrogen) atoms. The molecule has 2 fully saturated rings. The highest BCUT2D eigenvalue weighted by Gasteiger charge is 2.23. The maximum absolute atomic E-state index is 12.6. The van der Waals surface area contributed by atoms with Gasteiger partial charge < -0.3 is 9.80 Å². The van der Waals surface area contributed by atoms with E-state index in [9.17, 15) is 9.59 Å². The Balaban J connectivity index is 1.39. The maximum Gasteiger partial charge on any atom is 0.222 e. The third-order valence-electron chi connectivity index (χ3n) is 6.16. The van der Waals surface area contributed by atoms with E-state index in [-0.39, 0.29) is 5.91 Å². The van der Waals surface area contributed by atoms with Crippen LogP contribution in [0.2, 0.25) is 0 Å². The highest BCUT2D eigenvalue weighted by Crippen LogP contribution is 2.27. The van der Waals surface area contributed by atoms with Crippen molar-refractivity contribution in [3.05, 3.63) is 35.9 Å². The molecule has 148 valence electrons. The highest BCUT2D eigenvalue weighted by atomic mass is 16.2. The monoisotopic (exact) mass is 370 g/mol. The Labute approximate surface area is 163 Å². The van der Waals surface area contributed by atoms with Crippen LogP contribution < -0.4 is 0 Å². The van der Waals surface area contributed by atoms with E-state index in [0.717, 1.165) is 38.3 Å². The van der Waals surface area contributed by atoms with Crippen molar-refractivity contribution in [3.8, 4) is 0 Å². The average molecular weight is 371 g/mol. The Hall–Kier alpha value is -1.84. The molecule has 0 unspecified atom stereocenters. The fraction of sp³-hybridized carbons (Fsp3) is 0.652. The molecule has 2 aliphatic rings. The Kier molecular flexibility index (Phi) is 7.73.